The maximum absolute atomic E-state index is 5.81. The van der Waals surface area contributed by atoms with E-state index in [4.69, 9.17) is 11.6 Å². The Hall–Kier alpha value is 0.250. The molecule has 0 bridgehead atoms. The number of rotatable bonds is 8. The van der Waals surface area contributed by atoms with E-state index in [0.29, 0.717) is 0 Å². The lowest BCUT2D eigenvalue weighted by molar-refractivity contribution is 0.166. The highest BCUT2D eigenvalue weighted by Crippen LogP contribution is 2.25. The minimum atomic E-state index is 0.781. The SMILES string of the molecule is CC(C)CN(CCC(C)CCCl)C1CCCC1. The second-order valence-electron chi connectivity index (χ2n) is 6.20. The number of hydrogen-bond donors (Lipinski definition) is 0. The van der Waals surface area contributed by atoms with Crippen molar-refractivity contribution in [3.63, 3.8) is 0 Å². The van der Waals surface area contributed by atoms with Crippen molar-refractivity contribution in [1.29, 1.82) is 0 Å². The third kappa shape index (κ3) is 6.10. The third-order valence-electron chi connectivity index (χ3n) is 3.95. The molecule has 1 saturated carbocycles. The molecule has 0 spiro atoms. The molecule has 1 aliphatic carbocycles. The molecule has 0 amide bonds. The van der Waals surface area contributed by atoms with Gasteiger partial charge in [0.1, 0.15) is 0 Å². The Bertz CT molecular complexity index is 187. The van der Waals surface area contributed by atoms with Crippen molar-refractivity contribution < 1.29 is 0 Å². The maximum Gasteiger partial charge on any atom is 0.0225 e. The number of hydrogen-bond acceptors (Lipinski definition) is 1. The summed E-state index contributed by atoms with van der Waals surface area (Å²) in [6.45, 7) is 9.57. The van der Waals surface area contributed by atoms with Crippen molar-refractivity contribution in [3.8, 4) is 0 Å². The normalized spacial score (nSPS) is 19.4. The second-order valence-corrected chi connectivity index (χ2v) is 6.58. The zero-order valence-corrected chi connectivity index (χ0v) is 12.7. The van der Waals surface area contributed by atoms with Crippen molar-refractivity contribution in [2.24, 2.45) is 11.8 Å². The molecule has 102 valence electrons. The molecule has 1 rings (SSSR count). The summed E-state index contributed by atoms with van der Waals surface area (Å²) >= 11 is 5.81. The van der Waals surface area contributed by atoms with Crippen LogP contribution < -0.4 is 0 Å². The van der Waals surface area contributed by atoms with Crippen molar-refractivity contribution in [2.75, 3.05) is 19.0 Å². The van der Waals surface area contributed by atoms with Crippen LogP contribution in [0.5, 0.6) is 0 Å². The Labute approximate surface area is 113 Å². The molecule has 1 unspecified atom stereocenters. The lowest BCUT2D eigenvalue weighted by atomic mass is 10.0. The second kappa shape index (κ2) is 8.37. The van der Waals surface area contributed by atoms with Gasteiger partial charge in [-0.05, 0) is 44.1 Å². The highest BCUT2D eigenvalue weighted by molar-refractivity contribution is 6.17. The number of halogens is 1. The van der Waals surface area contributed by atoms with Crippen LogP contribution in [-0.4, -0.2) is 29.9 Å². The highest BCUT2D eigenvalue weighted by atomic mass is 35.5. The van der Waals surface area contributed by atoms with Crippen LogP contribution in [0.15, 0.2) is 0 Å². The fourth-order valence-electron chi connectivity index (χ4n) is 2.88. The van der Waals surface area contributed by atoms with Gasteiger partial charge in [-0.25, -0.2) is 0 Å². The summed E-state index contributed by atoms with van der Waals surface area (Å²) in [4.78, 5) is 2.75. The van der Waals surface area contributed by atoms with Gasteiger partial charge < -0.3 is 4.90 Å². The molecule has 17 heavy (non-hydrogen) atoms. The summed E-state index contributed by atoms with van der Waals surface area (Å²) in [7, 11) is 0. The average molecular weight is 260 g/mol. The molecule has 0 saturated heterocycles. The Morgan fingerprint density at radius 1 is 1.12 bits per heavy atom. The molecule has 0 aliphatic heterocycles. The fourth-order valence-corrected chi connectivity index (χ4v) is 3.25. The predicted octanol–water partition coefficient (Wildman–Crippen LogP) is 4.54. The smallest absolute Gasteiger partial charge is 0.0225 e. The van der Waals surface area contributed by atoms with Crippen LogP contribution in [0.4, 0.5) is 0 Å². The van der Waals surface area contributed by atoms with E-state index in [1.807, 2.05) is 0 Å². The van der Waals surface area contributed by atoms with E-state index < -0.39 is 0 Å². The topological polar surface area (TPSA) is 3.24 Å². The average Bonchev–Trinajstić information content (AvgIpc) is 2.77. The van der Waals surface area contributed by atoms with Gasteiger partial charge in [0, 0.05) is 18.5 Å². The van der Waals surface area contributed by atoms with Gasteiger partial charge in [0.25, 0.3) is 0 Å². The van der Waals surface area contributed by atoms with Crippen molar-refractivity contribution >= 4 is 11.6 Å². The monoisotopic (exact) mass is 259 g/mol. The third-order valence-corrected chi connectivity index (χ3v) is 4.17. The van der Waals surface area contributed by atoms with Crippen molar-refractivity contribution in [3.05, 3.63) is 0 Å². The summed E-state index contributed by atoms with van der Waals surface area (Å²) in [6, 6.07) is 0.876. The zero-order valence-electron chi connectivity index (χ0n) is 11.9. The molecule has 1 nitrogen and oxygen atoms in total. The van der Waals surface area contributed by atoms with Crippen LogP contribution >= 0.6 is 11.6 Å². The van der Waals surface area contributed by atoms with E-state index in [2.05, 4.69) is 25.7 Å². The summed E-state index contributed by atoms with van der Waals surface area (Å²) in [5, 5.41) is 0. The molecular weight excluding hydrogens is 230 g/mol. The number of alkyl halides is 1. The van der Waals surface area contributed by atoms with Crippen LogP contribution in [0, 0.1) is 11.8 Å². The molecular formula is C15H30ClN. The standard InChI is InChI=1S/C15H30ClN/c1-13(2)12-17(15-6-4-5-7-15)11-9-14(3)8-10-16/h13-15H,4-12H2,1-3H3. The van der Waals surface area contributed by atoms with Crippen LogP contribution in [0.2, 0.25) is 0 Å². The lowest BCUT2D eigenvalue weighted by Crippen LogP contribution is -2.37. The molecule has 1 fully saturated rings. The summed E-state index contributed by atoms with van der Waals surface area (Å²) in [6.07, 6.45) is 8.22. The minimum absolute atomic E-state index is 0.781. The molecule has 0 aromatic rings. The first kappa shape index (κ1) is 15.3. The van der Waals surface area contributed by atoms with Crippen LogP contribution in [0.25, 0.3) is 0 Å². The van der Waals surface area contributed by atoms with Crippen LogP contribution in [-0.2, 0) is 0 Å². The van der Waals surface area contributed by atoms with E-state index in [9.17, 15) is 0 Å². The Morgan fingerprint density at radius 2 is 1.76 bits per heavy atom. The van der Waals surface area contributed by atoms with Gasteiger partial charge in [-0.3, -0.25) is 0 Å². The van der Waals surface area contributed by atoms with E-state index in [1.54, 1.807) is 0 Å². The summed E-state index contributed by atoms with van der Waals surface area (Å²) in [5.41, 5.74) is 0. The van der Waals surface area contributed by atoms with Crippen molar-refractivity contribution in [2.45, 2.75) is 65.3 Å². The first-order valence-corrected chi connectivity index (χ1v) is 7.97. The van der Waals surface area contributed by atoms with E-state index >= 15 is 0 Å². The molecule has 1 aliphatic rings. The molecule has 0 heterocycles. The zero-order chi connectivity index (χ0) is 12.7. The predicted molar refractivity (Wildman–Crippen MR) is 77.8 cm³/mol. The number of nitrogens with zero attached hydrogens (tertiary/aromatic N) is 1. The molecule has 0 N–H and O–H groups in total. The molecule has 0 aromatic carbocycles. The fraction of sp³-hybridized carbons (Fsp3) is 1.00. The van der Waals surface area contributed by atoms with E-state index in [0.717, 1.165) is 23.8 Å². The van der Waals surface area contributed by atoms with Gasteiger partial charge >= 0.3 is 0 Å². The van der Waals surface area contributed by atoms with Gasteiger partial charge in [-0.15, -0.1) is 11.6 Å². The Morgan fingerprint density at radius 3 is 2.29 bits per heavy atom. The van der Waals surface area contributed by atoms with Gasteiger partial charge in [-0.2, -0.15) is 0 Å². The maximum atomic E-state index is 5.81. The minimum Gasteiger partial charge on any atom is -0.300 e. The van der Waals surface area contributed by atoms with Crippen LogP contribution in [0.1, 0.15) is 59.3 Å². The molecule has 2 heteroatoms. The molecule has 0 radical (unpaired) electrons. The summed E-state index contributed by atoms with van der Waals surface area (Å²) in [5.74, 6) is 2.39. The van der Waals surface area contributed by atoms with E-state index in [-0.39, 0.29) is 0 Å². The largest absolute Gasteiger partial charge is 0.300 e. The van der Waals surface area contributed by atoms with Crippen molar-refractivity contribution in [1.82, 2.24) is 4.90 Å². The van der Waals surface area contributed by atoms with Gasteiger partial charge in [-0.1, -0.05) is 33.6 Å². The quantitative estimate of drug-likeness (QED) is 0.579. The van der Waals surface area contributed by atoms with E-state index in [1.165, 1.54) is 51.6 Å². The molecule has 0 aromatic heterocycles. The lowest BCUT2D eigenvalue weighted by Gasteiger charge is -2.31. The molecule has 1 atom stereocenters. The highest BCUT2D eigenvalue weighted by Gasteiger charge is 2.23. The van der Waals surface area contributed by atoms with Gasteiger partial charge in [0.05, 0.1) is 0 Å². The first-order valence-electron chi connectivity index (χ1n) is 7.43. The Balaban J connectivity index is 2.34. The van der Waals surface area contributed by atoms with Gasteiger partial charge in [0.2, 0.25) is 0 Å². The first-order chi connectivity index (χ1) is 8.13. The van der Waals surface area contributed by atoms with Gasteiger partial charge in [0.15, 0.2) is 0 Å². The Kier molecular flexibility index (Phi) is 7.54. The van der Waals surface area contributed by atoms with Crippen LogP contribution in [0.3, 0.4) is 0 Å². The summed E-state index contributed by atoms with van der Waals surface area (Å²) < 4.78 is 0.